The van der Waals surface area contributed by atoms with E-state index in [0.29, 0.717) is 19.4 Å². The summed E-state index contributed by atoms with van der Waals surface area (Å²) in [6.07, 6.45) is 63.7. The van der Waals surface area contributed by atoms with E-state index in [-0.39, 0.29) is 25.2 Å². The highest BCUT2D eigenvalue weighted by molar-refractivity contribution is 5.70. The van der Waals surface area contributed by atoms with Crippen molar-refractivity contribution in [1.82, 2.24) is 0 Å². The van der Waals surface area contributed by atoms with Gasteiger partial charge >= 0.3 is 11.9 Å². The van der Waals surface area contributed by atoms with E-state index >= 15 is 0 Å². The summed E-state index contributed by atoms with van der Waals surface area (Å²) in [6, 6.07) is 0. The molecule has 0 aliphatic heterocycles. The number of hydrogen-bond donors (Lipinski definition) is 0. The summed E-state index contributed by atoms with van der Waals surface area (Å²) in [6.45, 7) is 7.70. The predicted molar refractivity (Wildman–Crippen MR) is 261 cm³/mol. The molecule has 0 radical (unpaired) electrons. The predicted octanol–water partition coefficient (Wildman–Crippen LogP) is 17.3. The molecule has 0 fully saturated rings. The molecule has 0 saturated carbocycles. The molecule has 0 spiro atoms. The van der Waals surface area contributed by atoms with Crippen LogP contribution >= 0.6 is 0 Å². The van der Waals surface area contributed by atoms with Crippen LogP contribution in [0.15, 0.2) is 60.8 Å². The van der Waals surface area contributed by atoms with Gasteiger partial charge in [0.25, 0.3) is 0 Å². The van der Waals surface area contributed by atoms with Gasteiger partial charge in [0.15, 0.2) is 6.10 Å². The quantitative estimate of drug-likeness (QED) is 0.0347. The molecule has 0 aromatic heterocycles. The summed E-state index contributed by atoms with van der Waals surface area (Å²) >= 11 is 0. The first-order valence-electron chi connectivity index (χ1n) is 25.8. The van der Waals surface area contributed by atoms with Crippen molar-refractivity contribution in [2.75, 3.05) is 19.8 Å². The van der Waals surface area contributed by atoms with Gasteiger partial charge in [-0.2, -0.15) is 0 Å². The lowest BCUT2D eigenvalue weighted by Gasteiger charge is -2.18. The minimum Gasteiger partial charge on any atom is -0.462 e. The number of allylic oxidation sites excluding steroid dienone is 10. The first-order chi connectivity index (χ1) is 29.6. The summed E-state index contributed by atoms with van der Waals surface area (Å²) in [5.41, 5.74) is 0. The smallest absolute Gasteiger partial charge is 0.306 e. The number of carbonyl (C=O) groups is 2. The molecular formula is C55H98O5. The van der Waals surface area contributed by atoms with Gasteiger partial charge in [-0.3, -0.25) is 9.59 Å². The van der Waals surface area contributed by atoms with Gasteiger partial charge in [0.05, 0.1) is 6.61 Å². The fourth-order valence-corrected chi connectivity index (χ4v) is 7.24. The summed E-state index contributed by atoms with van der Waals surface area (Å²) in [4.78, 5) is 25.3. The number of unbranched alkanes of at least 4 members (excludes halogenated alkanes) is 26. The fourth-order valence-electron chi connectivity index (χ4n) is 7.24. The van der Waals surface area contributed by atoms with Gasteiger partial charge in [-0.15, -0.1) is 0 Å². The van der Waals surface area contributed by atoms with Crippen LogP contribution < -0.4 is 0 Å². The van der Waals surface area contributed by atoms with E-state index < -0.39 is 6.10 Å². The van der Waals surface area contributed by atoms with E-state index in [1.807, 2.05) is 0 Å². The zero-order valence-electron chi connectivity index (χ0n) is 40.0. The Bertz CT molecular complexity index is 1040. The van der Waals surface area contributed by atoms with Crippen molar-refractivity contribution >= 4 is 11.9 Å². The molecule has 0 aromatic carbocycles. The number of esters is 2. The standard InChI is InChI=1S/C55H98O5/c1-4-7-10-13-16-19-22-24-26-27-28-29-30-31-34-36-39-42-45-48-54(56)59-52-53(60-55(57)49-46-43-40-37-33-21-18-15-12-9-6-3)51-58-50-47-44-41-38-35-32-25-23-20-17-14-11-8-5-2/h7,10,16,19,24,26,28-29,31,34,53H,4-6,8-9,11-15,17-18,20-23,25,27,30,32-33,35-52H2,1-3H3/b10-7-,19-16-,26-24-,29-28-,34-31-. The third kappa shape index (κ3) is 48.3. The Hall–Kier alpha value is -2.40. The number of hydrogen-bond acceptors (Lipinski definition) is 5. The Morgan fingerprint density at radius 1 is 0.383 bits per heavy atom. The van der Waals surface area contributed by atoms with Gasteiger partial charge < -0.3 is 14.2 Å². The zero-order valence-corrected chi connectivity index (χ0v) is 40.0. The Kier molecular flexibility index (Phi) is 48.9. The summed E-state index contributed by atoms with van der Waals surface area (Å²) < 4.78 is 17.4. The third-order valence-corrected chi connectivity index (χ3v) is 11.1. The van der Waals surface area contributed by atoms with Crippen LogP contribution in [0.3, 0.4) is 0 Å². The molecule has 0 saturated heterocycles. The Morgan fingerprint density at radius 3 is 1.20 bits per heavy atom. The van der Waals surface area contributed by atoms with Crippen molar-refractivity contribution < 1.29 is 23.8 Å². The second-order valence-corrected chi connectivity index (χ2v) is 17.1. The maximum Gasteiger partial charge on any atom is 0.306 e. The van der Waals surface area contributed by atoms with Gasteiger partial charge in [0.2, 0.25) is 0 Å². The van der Waals surface area contributed by atoms with Crippen LogP contribution in [0.1, 0.15) is 252 Å². The lowest BCUT2D eigenvalue weighted by atomic mass is 10.0. The van der Waals surface area contributed by atoms with E-state index in [2.05, 4.69) is 81.5 Å². The summed E-state index contributed by atoms with van der Waals surface area (Å²) in [5, 5.41) is 0. The average Bonchev–Trinajstić information content (AvgIpc) is 3.25. The first kappa shape index (κ1) is 57.6. The SMILES string of the molecule is CC/C=C\C/C=C\C/C=C\C/C=C\C/C=C\CCCCCC(=O)OCC(COCCCCCCCCCCCCCCCC)OC(=O)CCCCCCCCCCCCC. The molecule has 0 bridgehead atoms. The van der Waals surface area contributed by atoms with Crippen LogP contribution in [-0.2, 0) is 23.8 Å². The highest BCUT2D eigenvalue weighted by Gasteiger charge is 2.17. The number of carbonyl (C=O) groups excluding carboxylic acids is 2. The van der Waals surface area contributed by atoms with Crippen molar-refractivity contribution in [2.45, 2.75) is 258 Å². The number of ether oxygens (including phenoxy) is 3. The molecule has 348 valence electrons. The Labute approximate surface area is 373 Å². The van der Waals surface area contributed by atoms with Gasteiger partial charge in [-0.1, -0.05) is 236 Å². The molecular weight excluding hydrogens is 741 g/mol. The van der Waals surface area contributed by atoms with Gasteiger partial charge in [0, 0.05) is 19.4 Å². The van der Waals surface area contributed by atoms with Crippen molar-refractivity contribution in [2.24, 2.45) is 0 Å². The van der Waals surface area contributed by atoms with Crippen molar-refractivity contribution in [3.8, 4) is 0 Å². The third-order valence-electron chi connectivity index (χ3n) is 11.1. The summed E-state index contributed by atoms with van der Waals surface area (Å²) in [5.74, 6) is -0.426. The van der Waals surface area contributed by atoms with Crippen molar-refractivity contribution in [1.29, 1.82) is 0 Å². The van der Waals surface area contributed by atoms with Crippen LogP contribution in [0.2, 0.25) is 0 Å². The van der Waals surface area contributed by atoms with E-state index in [1.165, 1.54) is 135 Å². The van der Waals surface area contributed by atoms with E-state index in [4.69, 9.17) is 14.2 Å². The lowest BCUT2D eigenvalue weighted by molar-refractivity contribution is -0.163. The van der Waals surface area contributed by atoms with E-state index in [1.54, 1.807) is 0 Å². The maximum atomic E-state index is 12.8. The van der Waals surface area contributed by atoms with Crippen LogP contribution in [0, 0.1) is 0 Å². The van der Waals surface area contributed by atoms with Gasteiger partial charge in [0.1, 0.15) is 6.61 Å². The minimum atomic E-state index is -0.545. The average molecular weight is 839 g/mol. The molecule has 0 N–H and O–H groups in total. The van der Waals surface area contributed by atoms with Crippen molar-refractivity contribution in [3.05, 3.63) is 60.8 Å². The molecule has 5 heteroatoms. The second kappa shape index (κ2) is 51.0. The molecule has 0 aliphatic carbocycles. The molecule has 0 amide bonds. The van der Waals surface area contributed by atoms with Crippen molar-refractivity contribution in [3.63, 3.8) is 0 Å². The molecule has 5 nitrogen and oxygen atoms in total. The number of rotatable bonds is 47. The highest BCUT2D eigenvalue weighted by Crippen LogP contribution is 2.15. The fraction of sp³-hybridized carbons (Fsp3) is 0.782. The monoisotopic (exact) mass is 839 g/mol. The van der Waals surface area contributed by atoms with Crippen LogP contribution in [-0.4, -0.2) is 37.9 Å². The largest absolute Gasteiger partial charge is 0.462 e. The zero-order chi connectivity index (χ0) is 43.5. The lowest BCUT2D eigenvalue weighted by Crippen LogP contribution is -2.30. The van der Waals surface area contributed by atoms with Crippen LogP contribution in [0.25, 0.3) is 0 Å². The molecule has 0 heterocycles. The van der Waals surface area contributed by atoms with Crippen LogP contribution in [0.4, 0.5) is 0 Å². The Morgan fingerprint density at radius 2 is 0.750 bits per heavy atom. The minimum absolute atomic E-state index is 0.0710. The molecule has 1 unspecified atom stereocenters. The topological polar surface area (TPSA) is 61.8 Å². The highest BCUT2D eigenvalue weighted by atomic mass is 16.6. The molecule has 1 atom stereocenters. The maximum absolute atomic E-state index is 12.8. The van der Waals surface area contributed by atoms with E-state index in [9.17, 15) is 9.59 Å². The van der Waals surface area contributed by atoms with Gasteiger partial charge in [-0.25, -0.2) is 0 Å². The molecule has 0 aliphatic rings. The molecule has 60 heavy (non-hydrogen) atoms. The van der Waals surface area contributed by atoms with E-state index in [0.717, 1.165) is 83.5 Å². The molecule has 0 aromatic rings. The normalized spacial score (nSPS) is 12.7. The van der Waals surface area contributed by atoms with Gasteiger partial charge in [-0.05, 0) is 64.2 Å². The second-order valence-electron chi connectivity index (χ2n) is 17.1. The Balaban J connectivity index is 4.27. The molecule has 0 rings (SSSR count). The van der Waals surface area contributed by atoms with Crippen LogP contribution in [0.5, 0.6) is 0 Å². The first-order valence-corrected chi connectivity index (χ1v) is 25.8. The summed E-state index contributed by atoms with van der Waals surface area (Å²) in [7, 11) is 0.